The summed E-state index contributed by atoms with van der Waals surface area (Å²) in [7, 11) is 0. The van der Waals surface area contributed by atoms with E-state index in [-0.39, 0.29) is 0 Å². The molecule has 2 heterocycles. The van der Waals surface area contributed by atoms with Gasteiger partial charge in [0, 0.05) is 30.1 Å². The highest BCUT2D eigenvalue weighted by atomic mass is 15.0. The number of nitrogens with one attached hydrogen (secondary N) is 3. The molecule has 0 bridgehead atoms. The maximum Gasteiger partial charge on any atom is 0.131 e. The molecule has 0 aliphatic carbocycles. The van der Waals surface area contributed by atoms with Crippen LogP contribution in [0.5, 0.6) is 0 Å². The van der Waals surface area contributed by atoms with E-state index in [1.54, 1.807) is 18.3 Å². The van der Waals surface area contributed by atoms with Crippen LogP contribution >= 0.6 is 0 Å². The number of H-pyrrole nitrogens is 1. The van der Waals surface area contributed by atoms with Crippen molar-refractivity contribution in [2.75, 3.05) is 11.9 Å². The number of nitrogens with zero attached hydrogens (tertiary/aromatic N) is 2. The number of rotatable bonds is 7. The third-order valence-corrected chi connectivity index (χ3v) is 3.97. The molecule has 5 nitrogen and oxygen atoms in total. The highest BCUT2D eigenvalue weighted by Crippen LogP contribution is 2.31. The third kappa shape index (κ3) is 4.06. The van der Waals surface area contributed by atoms with Crippen LogP contribution in [0.15, 0.2) is 48.7 Å². The molecule has 0 saturated heterocycles. The summed E-state index contributed by atoms with van der Waals surface area (Å²) in [6.45, 7) is 5.09. The van der Waals surface area contributed by atoms with Crippen LogP contribution in [-0.2, 0) is 0 Å². The number of aromatic nitrogens is 3. The number of aryl methyl sites for hydroxylation is 1. The van der Waals surface area contributed by atoms with Crippen LogP contribution in [0.1, 0.15) is 24.7 Å². The summed E-state index contributed by atoms with van der Waals surface area (Å²) < 4.78 is 0. The van der Waals surface area contributed by atoms with Crippen molar-refractivity contribution in [1.82, 2.24) is 15.0 Å². The van der Waals surface area contributed by atoms with Crippen molar-refractivity contribution < 1.29 is 0 Å². The summed E-state index contributed by atoms with van der Waals surface area (Å²) in [5, 5.41) is 10.5. The number of imidazole rings is 1. The molecule has 26 heavy (non-hydrogen) atoms. The fraction of sp³-hybridized carbons (Fsp3) is 0.190. The molecular weight excluding hydrogens is 322 g/mol. The summed E-state index contributed by atoms with van der Waals surface area (Å²) in [5.74, 6) is 1.57. The maximum atomic E-state index is 7.19. The fourth-order valence-corrected chi connectivity index (χ4v) is 2.76. The van der Waals surface area contributed by atoms with Gasteiger partial charge in [-0.25, -0.2) is 9.97 Å². The number of allylic oxidation sites excluding steroid dienone is 1. The Labute approximate surface area is 153 Å². The second kappa shape index (κ2) is 8.25. The van der Waals surface area contributed by atoms with Gasteiger partial charge < -0.3 is 15.7 Å². The lowest BCUT2D eigenvalue weighted by atomic mass is 10.0. The van der Waals surface area contributed by atoms with Gasteiger partial charge in [0.1, 0.15) is 11.6 Å². The highest BCUT2D eigenvalue weighted by Gasteiger charge is 2.14. The van der Waals surface area contributed by atoms with Crippen molar-refractivity contribution in [2.24, 2.45) is 0 Å². The number of pyridine rings is 1. The number of benzene rings is 1. The van der Waals surface area contributed by atoms with Crippen molar-refractivity contribution in [1.29, 1.82) is 5.41 Å². The fourth-order valence-electron chi connectivity index (χ4n) is 2.76. The van der Waals surface area contributed by atoms with Gasteiger partial charge in [0.05, 0.1) is 11.4 Å². The van der Waals surface area contributed by atoms with Crippen LogP contribution in [0, 0.1) is 12.3 Å². The van der Waals surface area contributed by atoms with Crippen LogP contribution in [0.3, 0.4) is 0 Å². The zero-order chi connectivity index (χ0) is 18.4. The first-order valence-corrected chi connectivity index (χ1v) is 8.75. The number of hydrogen-bond acceptors (Lipinski definition) is 4. The van der Waals surface area contributed by atoms with E-state index in [1.807, 2.05) is 18.2 Å². The van der Waals surface area contributed by atoms with Crippen molar-refractivity contribution in [3.63, 3.8) is 0 Å². The molecule has 3 rings (SSSR count). The van der Waals surface area contributed by atoms with Crippen LogP contribution in [0.2, 0.25) is 0 Å². The lowest BCUT2D eigenvalue weighted by Gasteiger charge is -2.07. The van der Waals surface area contributed by atoms with Crippen molar-refractivity contribution >= 4 is 18.1 Å². The molecule has 5 heteroatoms. The normalized spacial score (nSPS) is 11.0. The number of anilines is 1. The molecule has 3 aromatic rings. The van der Waals surface area contributed by atoms with E-state index in [4.69, 9.17) is 10.4 Å². The second-order valence-electron chi connectivity index (χ2n) is 6.10. The van der Waals surface area contributed by atoms with E-state index < -0.39 is 0 Å². The maximum absolute atomic E-state index is 7.19. The zero-order valence-electron chi connectivity index (χ0n) is 15.1. The van der Waals surface area contributed by atoms with Gasteiger partial charge in [0.2, 0.25) is 0 Å². The Balaban J connectivity index is 2.09. The minimum absolute atomic E-state index is 0.722. The van der Waals surface area contributed by atoms with Crippen molar-refractivity contribution in [2.45, 2.75) is 20.3 Å². The first-order valence-electron chi connectivity index (χ1n) is 8.75. The molecule has 2 aromatic heterocycles. The SMILES string of the molecule is CCCNc1cc(-c2[nH]c(/C=C\C=N)nc2-c2cccc(C)c2)ccn1. The van der Waals surface area contributed by atoms with Crippen molar-refractivity contribution in [3.05, 3.63) is 60.1 Å². The quantitative estimate of drug-likeness (QED) is 0.531. The van der Waals surface area contributed by atoms with E-state index in [1.165, 1.54) is 11.8 Å². The largest absolute Gasteiger partial charge is 0.370 e. The standard InChI is InChI=1S/C21H23N5/c1-3-11-23-19-14-17(9-12-24-19)21-20(16-7-4-6-15(2)13-16)25-18(26-21)8-5-10-22/h4-10,12-14,22H,3,11H2,1-2H3,(H,23,24)(H,25,26)/b8-5-,22-10?. The minimum atomic E-state index is 0.722. The monoisotopic (exact) mass is 345 g/mol. The van der Waals surface area contributed by atoms with Gasteiger partial charge in [-0.1, -0.05) is 30.7 Å². The van der Waals surface area contributed by atoms with Gasteiger partial charge in [-0.2, -0.15) is 0 Å². The van der Waals surface area contributed by atoms with E-state index in [2.05, 4.69) is 47.3 Å². The highest BCUT2D eigenvalue weighted by molar-refractivity contribution is 5.82. The lowest BCUT2D eigenvalue weighted by Crippen LogP contribution is -2.01. The molecule has 0 spiro atoms. The second-order valence-corrected chi connectivity index (χ2v) is 6.10. The topological polar surface area (TPSA) is 77.5 Å². The summed E-state index contributed by atoms with van der Waals surface area (Å²) in [6, 6.07) is 12.3. The molecule has 0 amide bonds. The summed E-state index contributed by atoms with van der Waals surface area (Å²) in [4.78, 5) is 12.5. The molecule has 132 valence electrons. The molecule has 1 aromatic carbocycles. The summed E-state index contributed by atoms with van der Waals surface area (Å²) >= 11 is 0. The van der Waals surface area contributed by atoms with Gasteiger partial charge in [-0.3, -0.25) is 0 Å². The van der Waals surface area contributed by atoms with Gasteiger partial charge in [0.25, 0.3) is 0 Å². The molecule has 0 fully saturated rings. The Morgan fingerprint density at radius 2 is 2.08 bits per heavy atom. The van der Waals surface area contributed by atoms with E-state index in [0.717, 1.165) is 47.1 Å². The molecule has 0 atom stereocenters. The Morgan fingerprint density at radius 1 is 1.19 bits per heavy atom. The van der Waals surface area contributed by atoms with E-state index in [0.29, 0.717) is 0 Å². The predicted molar refractivity (Wildman–Crippen MR) is 109 cm³/mol. The van der Waals surface area contributed by atoms with Crippen molar-refractivity contribution in [3.8, 4) is 22.5 Å². The lowest BCUT2D eigenvalue weighted by molar-refractivity contribution is 0.969. The van der Waals surface area contributed by atoms with E-state index in [9.17, 15) is 0 Å². The van der Waals surface area contributed by atoms with E-state index >= 15 is 0 Å². The molecule has 3 N–H and O–H groups in total. The minimum Gasteiger partial charge on any atom is -0.370 e. The molecule has 0 radical (unpaired) electrons. The molecule has 0 saturated carbocycles. The summed E-state index contributed by atoms with van der Waals surface area (Å²) in [6.07, 6.45) is 7.55. The Hall–Kier alpha value is -3.21. The number of hydrogen-bond donors (Lipinski definition) is 3. The Kier molecular flexibility index (Phi) is 5.59. The van der Waals surface area contributed by atoms with Crippen LogP contribution in [-0.4, -0.2) is 27.7 Å². The Morgan fingerprint density at radius 3 is 2.85 bits per heavy atom. The third-order valence-electron chi connectivity index (χ3n) is 3.97. The molecule has 0 aliphatic rings. The average Bonchev–Trinajstić information content (AvgIpc) is 3.09. The first kappa shape index (κ1) is 17.6. The van der Waals surface area contributed by atoms with Gasteiger partial charge in [-0.15, -0.1) is 0 Å². The molecule has 0 aliphatic heterocycles. The van der Waals surface area contributed by atoms with Crippen LogP contribution < -0.4 is 5.32 Å². The van der Waals surface area contributed by atoms with Gasteiger partial charge >= 0.3 is 0 Å². The van der Waals surface area contributed by atoms with Crippen LogP contribution in [0.4, 0.5) is 5.82 Å². The smallest absolute Gasteiger partial charge is 0.131 e. The first-order chi connectivity index (χ1) is 12.7. The average molecular weight is 345 g/mol. The zero-order valence-corrected chi connectivity index (χ0v) is 15.1. The van der Waals surface area contributed by atoms with Crippen LogP contribution in [0.25, 0.3) is 28.6 Å². The Bertz CT molecular complexity index is 924. The van der Waals surface area contributed by atoms with Gasteiger partial charge in [0.15, 0.2) is 0 Å². The number of aromatic amines is 1. The predicted octanol–water partition coefficient (Wildman–Crippen LogP) is 4.93. The molecule has 0 unspecified atom stereocenters. The van der Waals surface area contributed by atoms with Gasteiger partial charge in [-0.05, 0) is 43.7 Å². The molecular formula is C21H23N5. The summed E-state index contributed by atoms with van der Waals surface area (Å²) in [5.41, 5.74) is 5.11.